The van der Waals surface area contributed by atoms with Crippen molar-refractivity contribution < 1.29 is 23.5 Å². The Morgan fingerprint density at radius 3 is 2.58 bits per heavy atom. The molecule has 3 amide bonds. The molecule has 1 aromatic heterocycles. The number of carbonyl (C=O) groups excluding carboxylic acids is 3. The lowest BCUT2D eigenvalue weighted by atomic mass is 9.96. The number of hydrogen-bond acceptors (Lipinski definition) is 5. The lowest BCUT2D eigenvalue weighted by Crippen LogP contribution is -2.33. The summed E-state index contributed by atoms with van der Waals surface area (Å²) in [5.41, 5.74) is 7.98. The molecule has 4 rings (SSSR count). The summed E-state index contributed by atoms with van der Waals surface area (Å²) < 4.78 is 11.6. The molecular formula is C23H23N3O5. The molecule has 1 aliphatic carbocycles. The fraction of sp³-hybridized carbons (Fsp3) is 0.261. The molecule has 0 spiro atoms. The van der Waals surface area contributed by atoms with E-state index in [1.165, 1.54) is 5.56 Å². The van der Waals surface area contributed by atoms with Gasteiger partial charge in [0.05, 0.1) is 6.54 Å². The highest BCUT2D eigenvalue weighted by Crippen LogP contribution is 2.33. The molecule has 3 aromatic rings. The number of fused-ring (bicyclic) bond motifs is 3. The number of nitrogens with one attached hydrogen (secondary N) is 2. The van der Waals surface area contributed by atoms with Crippen LogP contribution in [-0.2, 0) is 22.4 Å². The first kappa shape index (κ1) is 20.5. The highest BCUT2D eigenvalue weighted by Gasteiger charge is 2.18. The van der Waals surface area contributed by atoms with Crippen LogP contribution in [0, 0.1) is 0 Å². The number of carbonyl (C=O) groups is 3. The maximum Gasteiger partial charge on any atom is 0.262 e. The smallest absolute Gasteiger partial charge is 0.262 e. The molecule has 8 heteroatoms. The predicted molar refractivity (Wildman–Crippen MR) is 115 cm³/mol. The molecule has 8 nitrogen and oxygen atoms in total. The molecule has 0 atom stereocenters. The first-order valence-electron chi connectivity index (χ1n) is 10.1. The minimum atomic E-state index is -0.621. The summed E-state index contributed by atoms with van der Waals surface area (Å²) in [6, 6.07) is 11.9. The average Bonchev–Trinajstić information content (AvgIpc) is 3.14. The number of nitrogens with two attached hydrogens (primary N) is 1. The third-order valence-electron chi connectivity index (χ3n) is 5.15. The van der Waals surface area contributed by atoms with Crippen LogP contribution in [0.2, 0.25) is 0 Å². The summed E-state index contributed by atoms with van der Waals surface area (Å²) in [6.07, 6.45) is 4.27. The second kappa shape index (κ2) is 8.91. The zero-order valence-electron chi connectivity index (χ0n) is 16.9. The lowest BCUT2D eigenvalue weighted by molar-refractivity contribution is -0.118. The quantitative estimate of drug-likeness (QED) is 0.541. The van der Waals surface area contributed by atoms with Crippen LogP contribution in [0.5, 0.6) is 5.75 Å². The largest absolute Gasteiger partial charge is 0.484 e. The lowest BCUT2D eigenvalue weighted by Gasteiger charge is -2.10. The van der Waals surface area contributed by atoms with Crippen molar-refractivity contribution in [1.29, 1.82) is 0 Å². The van der Waals surface area contributed by atoms with Crippen molar-refractivity contribution in [2.45, 2.75) is 25.7 Å². The first-order chi connectivity index (χ1) is 15.0. The van der Waals surface area contributed by atoms with Gasteiger partial charge < -0.3 is 25.5 Å². The van der Waals surface area contributed by atoms with Gasteiger partial charge in [-0.25, -0.2) is 0 Å². The van der Waals surface area contributed by atoms with Gasteiger partial charge in [-0.05, 0) is 61.7 Å². The van der Waals surface area contributed by atoms with Gasteiger partial charge in [-0.3, -0.25) is 14.4 Å². The van der Waals surface area contributed by atoms with Crippen LogP contribution in [0.1, 0.15) is 34.5 Å². The number of benzene rings is 2. The molecular weight excluding hydrogens is 398 g/mol. The van der Waals surface area contributed by atoms with E-state index in [9.17, 15) is 14.4 Å². The van der Waals surface area contributed by atoms with E-state index in [1.807, 2.05) is 12.1 Å². The number of primary amides is 1. The second-order valence-corrected chi connectivity index (χ2v) is 7.43. The average molecular weight is 421 g/mol. The van der Waals surface area contributed by atoms with Crippen molar-refractivity contribution in [2.75, 3.05) is 18.5 Å². The Morgan fingerprint density at radius 1 is 1.03 bits per heavy atom. The summed E-state index contributed by atoms with van der Waals surface area (Å²) >= 11 is 0. The Morgan fingerprint density at radius 2 is 1.81 bits per heavy atom. The van der Waals surface area contributed by atoms with E-state index in [2.05, 4.69) is 10.6 Å². The SMILES string of the molecule is NC(=O)CNC(=O)c1ccc(NC(=O)COc2ccc3oc4c(c3c2)CCCC4)cc1. The Kier molecular flexibility index (Phi) is 5.88. The van der Waals surface area contributed by atoms with E-state index in [1.54, 1.807) is 30.3 Å². The maximum atomic E-state index is 12.2. The van der Waals surface area contributed by atoms with Crippen LogP contribution in [0.4, 0.5) is 5.69 Å². The Hall–Kier alpha value is -3.81. The molecule has 2 aromatic carbocycles. The Balaban J connectivity index is 1.33. The molecule has 1 aliphatic rings. The minimum Gasteiger partial charge on any atom is -0.484 e. The van der Waals surface area contributed by atoms with E-state index in [0.717, 1.165) is 42.4 Å². The van der Waals surface area contributed by atoms with Crippen molar-refractivity contribution in [3.8, 4) is 5.75 Å². The van der Waals surface area contributed by atoms with Gasteiger partial charge in [0.2, 0.25) is 5.91 Å². The molecule has 0 aliphatic heterocycles. The van der Waals surface area contributed by atoms with Gasteiger partial charge in [0.15, 0.2) is 6.61 Å². The van der Waals surface area contributed by atoms with Gasteiger partial charge in [-0.2, -0.15) is 0 Å². The predicted octanol–water partition coefficient (Wildman–Crippen LogP) is 2.54. The summed E-state index contributed by atoms with van der Waals surface area (Å²) in [7, 11) is 0. The van der Waals surface area contributed by atoms with Gasteiger partial charge >= 0.3 is 0 Å². The van der Waals surface area contributed by atoms with E-state index in [0.29, 0.717) is 17.0 Å². The van der Waals surface area contributed by atoms with Gasteiger partial charge in [0, 0.05) is 28.6 Å². The molecule has 0 saturated heterocycles. The van der Waals surface area contributed by atoms with Gasteiger partial charge in [0.1, 0.15) is 17.1 Å². The standard InChI is InChI=1S/C23H23N3O5/c24-21(27)12-25-23(29)14-5-7-15(8-6-14)26-22(28)13-30-16-9-10-20-18(11-16)17-3-1-2-4-19(17)31-20/h5-11H,1-4,12-13H2,(H2,24,27)(H,25,29)(H,26,28). The molecule has 4 N–H and O–H groups in total. The Bertz CT molecular complexity index is 1130. The molecule has 0 saturated carbocycles. The fourth-order valence-electron chi connectivity index (χ4n) is 3.65. The van der Waals surface area contributed by atoms with E-state index < -0.39 is 11.8 Å². The summed E-state index contributed by atoms with van der Waals surface area (Å²) in [6.45, 7) is -0.380. The minimum absolute atomic E-state index is 0.146. The number of rotatable bonds is 7. The molecule has 0 fully saturated rings. The van der Waals surface area contributed by atoms with Crippen LogP contribution >= 0.6 is 0 Å². The topological polar surface area (TPSA) is 124 Å². The molecule has 0 bridgehead atoms. The van der Waals surface area contributed by atoms with Gasteiger partial charge in [-0.1, -0.05) is 0 Å². The van der Waals surface area contributed by atoms with Gasteiger partial charge in [-0.15, -0.1) is 0 Å². The number of hydrogen-bond donors (Lipinski definition) is 3. The third kappa shape index (κ3) is 4.85. The zero-order chi connectivity index (χ0) is 21.8. The molecule has 0 unspecified atom stereocenters. The normalized spacial score (nSPS) is 12.8. The second-order valence-electron chi connectivity index (χ2n) is 7.43. The summed E-state index contributed by atoms with van der Waals surface area (Å²) in [5.74, 6) is 0.308. The van der Waals surface area contributed by atoms with Crippen LogP contribution in [-0.4, -0.2) is 30.9 Å². The zero-order valence-corrected chi connectivity index (χ0v) is 16.9. The van der Waals surface area contributed by atoms with E-state index in [4.69, 9.17) is 14.9 Å². The fourth-order valence-corrected chi connectivity index (χ4v) is 3.65. The van der Waals surface area contributed by atoms with Crippen LogP contribution in [0.3, 0.4) is 0 Å². The number of amides is 3. The van der Waals surface area contributed by atoms with E-state index in [-0.39, 0.29) is 19.1 Å². The van der Waals surface area contributed by atoms with E-state index >= 15 is 0 Å². The molecule has 0 radical (unpaired) electrons. The van der Waals surface area contributed by atoms with Crippen molar-refractivity contribution >= 4 is 34.4 Å². The van der Waals surface area contributed by atoms with Crippen molar-refractivity contribution in [3.63, 3.8) is 0 Å². The van der Waals surface area contributed by atoms with Crippen molar-refractivity contribution in [1.82, 2.24) is 5.32 Å². The van der Waals surface area contributed by atoms with Crippen LogP contribution < -0.4 is 21.1 Å². The summed E-state index contributed by atoms with van der Waals surface area (Å²) in [5, 5.41) is 6.18. The number of ether oxygens (including phenoxy) is 1. The Labute approximate surface area is 178 Å². The van der Waals surface area contributed by atoms with Crippen LogP contribution in [0.25, 0.3) is 11.0 Å². The maximum absolute atomic E-state index is 12.2. The van der Waals surface area contributed by atoms with Crippen molar-refractivity contribution in [3.05, 3.63) is 59.4 Å². The number of aryl methyl sites for hydroxylation is 2. The third-order valence-corrected chi connectivity index (χ3v) is 5.15. The monoisotopic (exact) mass is 421 g/mol. The summed E-state index contributed by atoms with van der Waals surface area (Å²) in [4.78, 5) is 34.8. The highest BCUT2D eigenvalue weighted by atomic mass is 16.5. The van der Waals surface area contributed by atoms with Crippen LogP contribution in [0.15, 0.2) is 46.9 Å². The first-order valence-corrected chi connectivity index (χ1v) is 10.1. The molecule has 160 valence electrons. The van der Waals surface area contributed by atoms with Gasteiger partial charge in [0.25, 0.3) is 11.8 Å². The molecule has 31 heavy (non-hydrogen) atoms. The van der Waals surface area contributed by atoms with Crippen molar-refractivity contribution in [2.24, 2.45) is 5.73 Å². The number of furan rings is 1. The number of anilines is 1. The molecule has 1 heterocycles. The highest BCUT2D eigenvalue weighted by molar-refractivity contribution is 5.97.